The van der Waals surface area contributed by atoms with Gasteiger partial charge in [-0.25, -0.2) is 8.42 Å². The molecule has 0 aliphatic heterocycles. The first kappa shape index (κ1) is 17.9. The summed E-state index contributed by atoms with van der Waals surface area (Å²) >= 11 is 0. The molecule has 18 heavy (non-hydrogen) atoms. The van der Waals surface area contributed by atoms with Gasteiger partial charge in [0.25, 0.3) is 0 Å². The normalized spacial score (nSPS) is 14.7. The van der Waals surface area contributed by atoms with Gasteiger partial charge < -0.3 is 5.32 Å². The van der Waals surface area contributed by atoms with Crippen LogP contribution in [-0.2, 0) is 9.84 Å². The Morgan fingerprint density at radius 1 is 1.06 bits per heavy atom. The van der Waals surface area contributed by atoms with E-state index < -0.39 is 14.6 Å². The molecule has 0 aromatic rings. The van der Waals surface area contributed by atoms with Gasteiger partial charge in [0.1, 0.15) is 0 Å². The van der Waals surface area contributed by atoms with Crippen LogP contribution in [0.25, 0.3) is 0 Å². The standard InChI is InChI=1S/C14H31NO2S/c1-6-9-13(15-11-7-2)10-8-12-18(16,17)14(3,4)5/h13,15H,6-12H2,1-5H3. The van der Waals surface area contributed by atoms with Crippen molar-refractivity contribution < 1.29 is 8.42 Å². The fourth-order valence-corrected chi connectivity index (χ4v) is 3.03. The molecule has 0 aromatic heterocycles. The summed E-state index contributed by atoms with van der Waals surface area (Å²) in [5.41, 5.74) is 0. The lowest BCUT2D eigenvalue weighted by molar-refractivity contribution is 0.443. The lowest BCUT2D eigenvalue weighted by Gasteiger charge is -2.21. The van der Waals surface area contributed by atoms with Crippen LogP contribution in [-0.4, -0.2) is 31.5 Å². The Kier molecular flexibility index (Phi) is 8.11. The Labute approximate surface area is 114 Å². The van der Waals surface area contributed by atoms with Gasteiger partial charge in [-0.15, -0.1) is 0 Å². The molecule has 1 atom stereocenters. The van der Waals surface area contributed by atoms with Crippen molar-refractivity contribution in [3.05, 3.63) is 0 Å². The van der Waals surface area contributed by atoms with Gasteiger partial charge in [0.2, 0.25) is 0 Å². The highest BCUT2D eigenvalue weighted by molar-refractivity contribution is 7.92. The third-order valence-electron chi connectivity index (χ3n) is 3.22. The highest BCUT2D eigenvalue weighted by atomic mass is 32.2. The lowest BCUT2D eigenvalue weighted by atomic mass is 10.1. The fraction of sp³-hybridized carbons (Fsp3) is 1.00. The van der Waals surface area contributed by atoms with E-state index in [2.05, 4.69) is 19.2 Å². The molecule has 0 saturated carbocycles. The van der Waals surface area contributed by atoms with Gasteiger partial charge in [-0.1, -0.05) is 20.3 Å². The molecule has 0 aliphatic rings. The van der Waals surface area contributed by atoms with Crippen LogP contribution in [0.4, 0.5) is 0 Å². The fourth-order valence-electron chi connectivity index (χ4n) is 1.87. The second-order valence-electron chi connectivity index (χ2n) is 6.01. The number of nitrogens with one attached hydrogen (secondary N) is 1. The van der Waals surface area contributed by atoms with Gasteiger partial charge in [-0.05, 0) is 53.0 Å². The minimum Gasteiger partial charge on any atom is -0.314 e. The van der Waals surface area contributed by atoms with Gasteiger partial charge in [0.05, 0.1) is 10.5 Å². The quantitative estimate of drug-likeness (QED) is 0.704. The molecule has 0 saturated heterocycles. The molecule has 0 radical (unpaired) electrons. The summed E-state index contributed by atoms with van der Waals surface area (Å²) in [6.07, 6.45) is 5.13. The zero-order valence-corrected chi connectivity index (χ0v) is 13.6. The molecule has 1 N–H and O–H groups in total. The predicted octanol–water partition coefficient (Wildman–Crippen LogP) is 3.15. The summed E-state index contributed by atoms with van der Waals surface area (Å²) in [4.78, 5) is 0. The van der Waals surface area contributed by atoms with Crippen molar-refractivity contribution in [3.63, 3.8) is 0 Å². The first-order chi connectivity index (χ1) is 8.24. The molecule has 4 heteroatoms. The van der Waals surface area contributed by atoms with E-state index in [0.29, 0.717) is 11.8 Å². The summed E-state index contributed by atoms with van der Waals surface area (Å²) in [5.74, 6) is 0.310. The van der Waals surface area contributed by atoms with Crippen molar-refractivity contribution >= 4 is 9.84 Å². The molecule has 0 fully saturated rings. The zero-order valence-electron chi connectivity index (χ0n) is 12.8. The summed E-state index contributed by atoms with van der Waals surface area (Å²) in [6, 6.07) is 0.477. The average Bonchev–Trinajstić information content (AvgIpc) is 2.24. The third-order valence-corrected chi connectivity index (χ3v) is 5.91. The number of hydrogen-bond donors (Lipinski definition) is 1. The van der Waals surface area contributed by atoms with E-state index in [4.69, 9.17) is 0 Å². The van der Waals surface area contributed by atoms with Gasteiger partial charge >= 0.3 is 0 Å². The van der Waals surface area contributed by atoms with E-state index >= 15 is 0 Å². The lowest BCUT2D eigenvalue weighted by Crippen LogP contribution is -2.33. The van der Waals surface area contributed by atoms with E-state index in [0.717, 1.165) is 38.6 Å². The molecule has 3 nitrogen and oxygen atoms in total. The topological polar surface area (TPSA) is 46.2 Å². The van der Waals surface area contributed by atoms with E-state index in [1.54, 1.807) is 20.8 Å². The van der Waals surface area contributed by atoms with E-state index in [1.807, 2.05) is 0 Å². The Balaban J connectivity index is 4.13. The molecule has 0 rings (SSSR count). The molecule has 0 aliphatic carbocycles. The van der Waals surface area contributed by atoms with Crippen molar-refractivity contribution in [1.82, 2.24) is 5.32 Å². The molecule has 0 amide bonds. The van der Waals surface area contributed by atoms with E-state index in [9.17, 15) is 8.42 Å². The Morgan fingerprint density at radius 2 is 1.67 bits per heavy atom. The monoisotopic (exact) mass is 277 g/mol. The maximum atomic E-state index is 12.0. The molecule has 0 heterocycles. The van der Waals surface area contributed by atoms with Crippen LogP contribution in [0.3, 0.4) is 0 Å². The summed E-state index contributed by atoms with van der Waals surface area (Å²) in [6.45, 7) is 10.7. The van der Waals surface area contributed by atoms with E-state index in [1.165, 1.54) is 0 Å². The molecule has 0 aromatic carbocycles. The Hall–Kier alpha value is -0.0900. The molecule has 1 unspecified atom stereocenters. The molecular formula is C14H31NO2S. The molecule has 0 spiro atoms. The Morgan fingerprint density at radius 3 is 2.11 bits per heavy atom. The van der Waals surface area contributed by atoms with Crippen LogP contribution in [0.2, 0.25) is 0 Å². The number of hydrogen-bond acceptors (Lipinski definition) is 3. The minimum absolute atomic E-state index is 0.310. The predicted molar refractivity (Wildman–Crippen MR) is 79.8 cm³/mol. The van der Waals surface area contributed by atoms with Crippen molar-refractivity contribution in [2.45, 2.75) is 77.5 Å². The van der Waals surface area contributed by atoms with Crippen molar-refractivity contribution in [1.29, 1.82) is 0 Å². The minimum atomic E-state index is -2.96. The van der Waals surface area contributed by atoms with Crippen molar-refractivity contribution in [3.8, 4) is 0 Å². The third kappa shape index (κ3) is 6.74. The smallest absolute Gasteiger partial charge is 0.155 e. The molecular weight excluding hydrogens is 246 g/mol. The summed E-state index contributed by atoms with van der Waals surface area (Å²) < 4.78 is 23.3. The maximum Gasteiger partial charge on any atom is 0.155 e. The summed E-state index contributed by atoms with van der Waals surface area (Å²) in [7, 11) is -2.96. The first-order valence-corrected chi connectivity index (χ1v) is 8.85. The second kappa shape index (κ2) is 8.16. The van der Waals surface area contributed by atoms with Gasteiger partial charge in [0.15, 0.2) is 9.84 Å². The number of rotatable bonds is 9. The highest BCUT2D eigenvalue weighted by Crippen LogP contribution is 2.18. The summed E-state index contributed by atoms with van der Waals surface area (Å²) in [5, 5.41) is 3.50. The van der Waals surface area contributed by atoms with Crippen molar-refractivity contribution in [2.75, 3.05) is 12.3 Å². The van der Waals surface area contributed by atoms with Crippen LogP contribution in [0.5, 0.6) is 0 Å². The SMILES string of the molecule is CCCNC(CCC)CCCS(=O)(=O)C(C)(C)C. The Bertz CT molecular complexity index is 304. The van der Waals surface area contributed by atoms with Gasteiger partial charge in [-0.3, -0.25) is 0 Å². The van der Waals surface area contributed by atoms with Gasteiger partial charge in [-0.2, -0.15) is 0 Å². The largest absolute Gasteiger partial charge is 0.314 e. The number of sulfone groups is 1. The first-order valence-electron chi connectivity index (χ1n) is 7.20. The van der Waals surface area contributed by atoms with Crippen LogP contribution >= 0.6 is 0 Å². The maximum absolute atomic E-state index is 12.0. The molecule has 110 valence electrons. The highest BCUT2D eigenvalue weighted by Gasteiger charge is 2.28. The van der Waals surface area contributed by atoms with Crippen LogP contribution in [0.15, 0.2) is 0 Å². The van der Waals surface area contributed by atoms with Crippen LogP contribution in [0.1, 0.15) is 66.7 Å². The average molecular weight is 277 g/mol. The van der Waals surface area contributed by atoms with E-state index in [-0.39, 0.29) is 0 Å². The molecule has 0 bridgehead atoms. The van der Waals surface area contributed by atoms with Crippen LogP contribution < -0.4 is 5.32 Å². The second-order valence-corrected chi connectivity index (χ2v) is 8.88. The van der Waals surface area contributed by atoms with Crippen LogP contribution in [0, 0.1) is 0 Å². The van der Waals surface area contributed by atoms with Crippen molar-refractivity contribution in [2.24, 2.45) is 0 Å². The zero-order chi connectivity index (χ0) is 14.2. The van der Waals surface area contributed by atoms with Gasteiger partial charge in [0, 0.05) is 6.04 Å².